The van der Waals surface area contributed by atoms with E-state index in [2.05, 4.69) is 16.3 Å². The summed E-state index contributed by atoms with van der Waals surface area (Å²) in [6.07, 6.45) is 2.19. The fraction of sp³-hybridized carbons (Fsp3) is 0.435. The van der Waals surface area contributed by atoms with E-state index in [1.54, 1.807) is 4.90 Å². The first-order chi connectivity index (χ1) is 14.0. The van der Waals surface area contributed by atoms with E-state index in [4.69, 9.17) is 0 Å². The van der Waals surface area contributed by atoms with E-state index in [-0.39, 0.29) is 23.5 Å². The second-order valence-electron chi connectivity index (χ2n) is 8.57. The van der Waals surface area contributed by atoms with Gasteiger partial charge in [-0.15, -0.1) is 0 Å². The molecule has 3 aliphatic heterocycles. The number of fused-ring (bicyclic) bond motifs is 3. The molecule has 1 atom stereocenters. The number of hydrogen-bond donors (Lipinski definition) is 2. The maximum Gasteiger partial charge on any atom is 0.237 e. The third-order valence-electron chi connectivity index (χ3n) is 7.05. The van der Waals surface area contributed by atoms with Gasteiger partial charge in [-0.05, 0) is 61.7 Å². The molecule has 3 aliphatic rings. The summed E-state index contributed by atoms with van der Waals surface area (Å²) in [7, 11) is 1.87. The average molecular weight is 395 g/mol. The van der Waals surface area contributed by atoms with Gasteiger partial charge in [-0.2, -0.15) is 0 Å². The SMILES string of the molecule is CN1C(=O)C2(CCN(CC3Cc4c(F)ccc(O)c4CN3)CC2)c2ccccc21. The summed E-state index contributed by atoms with van der Waals surface area (Å²) >= 11 is 0. The molecule has 1 saturated heterocycles. The van der Waals surface area contributed by atoms with Crippen molar-refractivity contribution < 1.29 is 14.3 Å². The smallest absolute Gasteiger partial charge is 0.237 e. The molecule has 6 heteroatoms. The monoisotopic (exact) mass is 395 g/mol. The summed E-state index contributed by atoms with van der Waals surface area (Å²) in [4.78, 5) is 17.3. The lowest BCUT2D eigenvalue weighted by Gasteiger charge is -2.40. The summed E-state index contributed by atoms with van der Waals surface area (Å²) in [5.74, 6) is 0.133. The van der Waals surface area contributed by atoms with Crippen molar-refractivity contribution in [2.24, 2.45) is 0 Å². The van der Waals surface area contributed by atoms with E-state index < -0.39 is 5.41 Å². The maximum atomic E-state index is 14.2. The first-order valence-electron chi connectivity index (χ1n) is 10.3. The molecular formula is C23H26FN3O2. The minimum Gasteiger partial charge on any atom is -0.508 e. The highest BCUT2D eigenvalue weighted by atomic mass is 19.1. The number of aromatic hydroxyl groups is 1. The van der Waals surface area contributed by atoms with Gasteiger partial charge in [0.2, 0.25) is 5.91 Å². The standard InChI is InChI=1S/C23H26FN3O2/c1-26-20-5-3-2-4-18(20)23(22(26)29)8-10-27(11-9-23)14-15-12-16-17(13-25-15)21(28)7-6-19(16)24/h2-7,15,25,28H,8-14H2,1H3. The predicted octanol–water partition coefficient (Wildman–Crippen LogP) is 2.56. The van der Waals surface area contributed by atoms with Gasteiger partial charge < -0.3 is 20.2 Å². The fourth-order valence-corrected chi connectivity index (χ4v) is 5.39. The lowest BCUT2D eigenvalue weighted by molar-refractivity contribution is -0.124. The number of nitrogens with zero attached hydrogens (tertiary/aromatic N) is 2. The largest absolute Gasteiger partial charge is 0.508 e. The molecule has 5 rings (SSSR count). The number of nitrogens with one attached hydrogen (secondary N) is 1. The zero-order chi connectivity index (χ0) is 20.2. The minimum absolute atomic E-state index is 0.141. The topological polar surface area (TPSA) is 55.8 Å². The third-order valence-corrected chi connectivity index (χ3v) is 7.05. The minimum atomic E-state index is -0.396. The highest BCUT2D eigenvalue weighted by Crippen LogP contribution is 2.47. The number of phenolic OH excluding ortho intramolecular Hbond substituents is 1. The van der Waals surface area contributed by atoms with Gasteiger partial charge in [0, 0.05) is 37.4 Å². The number of amides is 1. The number of rotatable bonds is 2. The summed E-state index contributed by atoms with van der Waals surface area (Å²) in [6, 6.07) is 11.0. The molecule has 1 unspecified atom stereocenters. The lowest BCUT2D eigenvalue weighted by Crippen LogP contribution is -2.52. The first kappa shape index (κ1) is 18.6. The molecule has 0 saturated carbocycles. The molecule has 0 bridgehead atoms. The molecule has 2 aromatic rings. The molecule has 152 valence electrons. The number of halogens is 1. The van der Waals surface area contributed by atoms with Crippen LogP contribution in [0.5, 0.6) is 5.75 Å². The van der Waals surface area contributed by atoms with Gasteiger partial charge in [-0.25, -0.2) is 4.39 Å². The Kier molecular flexibility index (Phi) is 4.37. The first-order valence-corrected chi connectivity index (χ1v) is 10.3. The quantitative estimate of drug-likeness (QED) is 0.821. The molecule has 1 amide bonds. The molecule has 5 nitrogen and oxygen atoms in total. The predicted molar refractivity (Wildman–Crippen MR) is 110 cm³/mol. The number of carbonyl (C=O) groups excluding carboxylic acids is 1. The van der Waals surface area contributed by atoms with Crippen LogP contribution in [0, 0.1) is 5.82 Å². The molecule has 2 N–H and O–H groups in total. The Balaban J connectivity index is 1.28. The van der Waals surface area contributed by atoms with Crippen LogP contribution < -0.4 is 10.2 Å². The van der Waals surface area contributed by atoms with Crippen LogP contribution in [0.1, 0.15) is 29.5 Å². The van der Waals surface area contributed by atoms with E-state index in [0.29, 0.717) is 24.1 Å². The molecule has 0 aliphatic carbocycles. The van der Waals surface area contributed by atoms with Gasteiger partial charge in [-0.1, -0.05) is 18.2 Å². The number of carbonyl (C=O) groups is 1. The van der Waals surface area contributed by atoms with Crippen LogP contribution >= 0.6 is 0 Å². The van der Waals surface area contributed by atoms with Crippen molar-refractivity contribution in [2.75, 3.05) is 31.6 Å². The molecule has 0 radical (unpaired) electrons. The molecule has 0 aromatic heterocycles. The van der Waals surface area contributed by atoms with Crippen molar-refractivity contribution in [1.82, 2.24) is 10.2 Å². The van der Waals surface area contributed by atoms with Crippen molar-refractivity contribution >= 4 is 11.6 Å². The number of anilines is 1. The molecule has 1 spiro atoms. The van der Waals surface area contributed by atoms with Crippen molar-refractivity contribution in [3.63, 3.8) is 0 Å². The zero-order valence-corrected chi connectivity index (χ0v) is 16.6. The van der Waals surface area contributed by atoms with Gasteiger partial charge in [0.05, 0.1) is 5.41 Å². The maximum absolute atomic E-state index is 14.2. The van der Waals surface area contributed by atoms with Gasteiger partial charge >= 0.3 is 0 Å². The second-order valence-corrected chi connectivity index (χ2v) is 8.57. The Morgan fingerprint density at radius 3 is 2.72 bits per heavy atom. The Hall–Kier alpha value is -2.44. The van der Waals surface area contributed by atoms with Gasteiger partial charge in [0.15, 0.2) is 0 Å². The van der Waals surface area contributed by atoms with Crippen LogP contribution in [0.2, 0.25) is 0 Å². The van der Waals surface area contributed by atoms with Crippen LogP contribution in [0.4, 0.5) is 10.1 Å². The zero-order valence-electron chi connectivity index (χ0n) is 16.6. The van der Waals surface area contributed by atoms with Crippen molar-refractivity contribution in [3.8, 4) is 5.75 Å². The van der Waals surface area contributed by atoms with E-state index in [9.17, 15) is 14.3 Å². The fourth-order valence-electron chi connectivity index (χ4n) is 5.39. The number of benzene rings is 2. The summed E-state index contributed by atoms with van der Waals surface area (Å²) in [5, 5.41) is 13.4. The highest BCUT2D eigenvalue weighted by molar-refractivity contribution is 6.07. The number of likely N-dealkylation sites (tertiary alicyclic amines) is 1. The number of para-hydroxylation sites is 1. The summed E-state index contributed by atoms with van der Waals surface area (Å²) < 4.78 is 14.2. The lowest BCUT2D eigenvalue weighted by atomic mass is 9.73. The van der Waals surface area contributed by atoms with Crippen LogP contribution in [0.25, 0.3) is 0 Å². The molecular weight excluding hydrogens is 369 g/mol. The molecule has 2 aromatic carbocycles. The van der Waals surface area contributed by atoms with Crippen LogP contribution in [0.15, 0.2) is 36.4 Å². The van der Waals surface area contributed by atoms with Gasteiger partial charge in [0.1, 0.15) is 11.6 Å². The Bertz CT molecular complexity index is 969. The third kappa shape index (κ3) is 2.85. The van der Waals surface area contributed by atoms with Gasteiger partial charge in [-0.3, -0.25) is 4.79 Å². The second kappa shape index (κ2) is 6.82. The number of piperidine rings is 1. The number of hydrogen-bond acceptors (Lipinski definition) is 4. The van der Waals surface area contributed by atoms with Crippen molar-refractivity contribution in [3.05, 3.63) is 58.9 Å². The van der Waals surface area contributed by atoms with Crippen LogP contribution in [-0.4, -0.2) is 48.6 Å². The normalized spacial score (nSPS) is 23.3. The highest BCUT2D eigenvalue weighted by Gasteiger charge is 2.50. The Labute approximate surface area is 170 Å². The average Bonchev–Trinajstić information content (AvgIpc) is 2.95. The summed E-state index contributed by atoms with van der Waals surface area (Å²) in [5.41, 5.74) is 3.10. The molecule has 1 fully saturated rings. The molecule has 3 heterocycles. The van der Waals surface area contributed by atoms with E-state index in [1.165, 1.54) is 12.1 Å². The number of likely N-dealkylation sites (N-methyl/N-ethyl adjacent to an activating group) is 1. The van der Waals surface area contributed by atoms with Gasteiger partial charge in [0.25, 0.3) is 0 Å². The van der Waals surface area contributed by atoms with E-state index in [0.717, 1.165) is 43.7 Å². The van der Waals surface area contributed by atoms with Crippen molar-refractivity contribution in [2.45, 2.75) is 37.3 Å². The summed E-state index contributed by atoms with van der Waals surface area (Å²) in [6.45, 7) is 3.00. The Morgan fingerprint density at radius 2 is 1.93 bits per heavy atom. The van der Waals surface area contributed by atoms with Crippen LogP contribution in [-0.2, 0) is 23.2 Å². The van der Waals surface area contributed by atoms with E-state index in [1.807, 2.05) is 25.2 Å². The number of phenols is 1. The van der Waals surface area contributed by atoms with Crippen molar-refractivity contribution in [1.29, 1.82) is 0 Å². The Morgan fingerprint density at radius 1 is 1.17 bits per heavy atom. The molecule has 29 heavy (non-hydrogen) atoms. The van der Waals surface area contributed by atoms with Crippen LogP contribution in [0.3, 0.4) is 0 Å². The van der Waals surface area contributed by atoms with E-state index >= 15 is 0 Å².